The first-order chi connectivity index (χ1) is 16.0. The number of aromatic nitrogens is 4. The second-order valence-corrected chi connectivity index (χ2v) is 9.72. The highest BCUT2D eigenvalue weighted by atomic mass is 35.5. The quantitative estimate of drug-likeness (QED) is 0.433. The minimum absolute atomic E-state index is 0.000898. The third kappa shape index (κ3) is 3.10. The third-order valence-electron chi connectivity index (χ3n) is 7.28. The molecule has 1 spiro atoms. The zero-order chi connectivity index (χ0) is 22.7. The van der Waals surface area contributed by atoms with E-state index in [0.29, 0.717) is 26.8 Å². The van der Waals surface area contributed by atoms with Crippen LogP contribution in [-0.2, 0) is 6.42 Å². The Kier molecular flexibility index (Phi) is 4.76. The van der Waals surface area contributed by atoms with E-state index >= 15 is 0 Å². The normalized spacial score (nSPS) is 19.4. The standard InChI is InChI=1S/C24H22Cl2N6O/c25-16-5-1-3-15(21(16)26)20-18(33)11-19(32-13-29-30-23(20)32)31-9-6-24(7-10-31)12-17-14(22(24)27)4-2-8-28-17/h1-5,8,11,13,22,33H,6-7,9-10,12,27H2/t22-/m1/s1. The van der Waals surface area contributed by atoms with Crippen LogP contribution in [0.15, 0.2) is 48.9 Å². The molecule has 33 heavy (non-hydrogen) atoms. The van der Waals surface area contributed by atoms with Crippen molar-refractivity contribution in [2.24, 2.45) is 11.1 Å². The summed E-state index contributed by atoms with van der Waals surface area (Å²) in [5, 5.41) is 20.2. The van der Waals surface area contributed by atoms with Gasteiger partial charge >= 0.3 is 0 Å². The van der Waals surface area contributed by atoms with Gasteiger partial charge in [-0.2, -0.15) is 0 Å². The van der Waals surface area contributed by atoms with Gasteiger partial charge in [0.15, 0.2) is 5.65 Å². The largest absolute Gasteiger partial charge is 0.507 e. The number of anilines is 1. The van der Waals surface area contributed by atoms with Gasteiger partial charge in [0.1, 0.15) is 17.9 Å². The van der Waals surface area contributed by atoms with E-state index in [1.807, 2.05) is 22.7 Å². The van der Waals surface area contributed by atoms with Crippen molar-refractivity contribution in [2.45, 2.75) is 25.3 Å². The molecule has 9 heteroatoms. The number of hydrogen-bond acceptors (Lipinski definition) is 6. The Bertz CT molecular complexity index is 1380. The smallest absolute Gasteiger partial charge is 0.173 e. The predicted octanol–water partition coefficient (Wildman–Crippen LogP) is 4.65. The lowest BCUT2D eigenvalue weighted by Crippen LogP contribution is -2.44. The number of hydrogen-bond donors (Lipinski definition) is 2. The van der Waals surface area contributed by atoms with Crippen molar-refractivity contribution in [1.29, 1.82) is 0 Å². The summed E-state index contributed by atoms with van der Waals surface area (Å²) in [5.74, 6) is 0.926. The molecule has 6 rings (SSSR count). The molecule has 1 aliphatic carbocycles. The van der Waals surface area contributed by atoms with Crippen LogP contribution in [0.1, 0.15) is 30.1 Å². The maximum Gasteiger partial charge on any atom is 0.173 e. The second kappa shape index (κ2) is 7.58. The topological polar surface area (TPSA) is 92.6 Å². The van der Waals surface area contributed by atoms with Gasteiger partial charge in [-0.15, -0.1) is 10.2 Å². The van der Waals surface area contributed by atoms with Crippen molar-refractivity contribution in [3.63, 3.8) is 0 Å². The Balaban J connectivity index is 1.34. The Morgan fingerprint density at radius 2 is 1.94 bits per heavy atom. The van der Waals surface area contributed by atoms with Crippen molar-refractivity contribution < 1.29 is 5.11 Å². The lowest BCUT2D eigenvalue weighted by molar-refractivity contribution is 0.186. The van der Waals surface area contributed by atoms with Crippen molar-refractivity contribution in [1.82, 2.24) is 19.6 Å². The van der Waals surface area contributed by atoms with Crippen LogP contribution >= 0.6 is 23.2 Å². The highest BCUT2D eigenvalue weighted by Gasteiger charge is 2.46. The SMILES string of the molecule is N[C@@H]1c2cccnc2CC12CCN(c1cc(O)c(-c3cccc(Cl)c3Cl)c3nncn13)CC2. The molecule has 2 aliphatic rings. The average molecular weight is 481 g/mol. The van der Waals surface area contributed by atoms with Crippen LogP contribution in [0, 0.1) is 5.41 Å². The number of halogens is 2. The van der Waals surface area contributed by atoms with E-state index in [1.54, 1.807) is 24.5 Å². The molecule has 1 atom stereocenters. The van der Waals surface area contributed by atoms with Gasteiger partial charge in [-0.1, -0.05) is 41.4 Å². The van der Waals surface area contributed by atoms with E-state index in [2.05, 4.69) is 26.1 Å². The molecular weight excluding hydrogens is 459 g/mol. The molecule has 1 aromatic carbocycles. The zero-order valence-corrected chi connectivity index (χ0v) is 19.3. The van der Waals surface area contributed by atoms with Crippen LogP contribution in [0.5, 0.6) is 5.75 Å². The van der Waals surface area contributed by atoms with E-state index in [9.17, 15) is 5.11 Å². The Morgan fingerprint density at radius 3 is 2.73 bits per heavy atom. The number of aromatic hydroxyl groups is 1. The molecule has 0 amide bonds. The fraction of sp³-hybridized carbons (Fsp3) is 0.292. The van der Waals surface area contributed by atoms with Crippen LogP contribution in [0.3, 0.4) is 0 Å². The molecule has 0 unspecified atom stereocenters. The van der Waals surface area contributed by atoms with Crippen molar-refractivity contribution in [3.05, 3.63) is 70.2 Å². The first-order valence-electron chi connectivity index (χ1n) is 10.9. The third-order valence-corrected chi connectivity index (χ3v) is 8.10. The molecule has 3 N–H and O–H groups in total. The number of rotatable bonds is 2. The van der Waals surface area contributed by atoms with Crippen molar-refractivity contribution >= 4 is 34.7 Å². The molecule has 1 aliphatic heterocycles. The minimum Gasteiger partial charge on any atom is -0.507 e. The summed E-state index contributed by atoms with van der Waals surface area (Å²) in [6.45, 7) is 1.62. The summed E-state index contributed by atoms with van der Waals surface area (Å²) in [5.41, 5.74) is 10.7. The number of piperidine rings is 1. The molecular formula is C24H22Cl2N6O. The average Bonchev–Trinajstić information content (AvgIpc) is 3.40. The predicted molar refractivity (Wildman–Crippen MR) is 129 cm³/mol. The molecule has 7 nitrogen and oxygen atoms in total. The number of pyridine rings is 2. The van der Waals surface area contributed by atoms with Gasteiger partial charge in [0.2, 0.25) is 0 Å². The second-order valence-electron chi connectivity index (χ2n) is 8.93. The summed E-state index contributed by atoms with van der Waals surface area (Å²) in [7, 11) is 0. The maximum atomic E-state index is 11.0. The van der Waals surface area contributed by atoms with Gasteiger partial charge in [0.25, 0.3) is 0 Å². The van der Waals surface area contributed by atoms with Crippen LogP contribution in [0.25, 0.3) is 16.8 Å². The van der Waals surface area contributed by atoms with Gasteiger partial charge in [-0.25, -0.2) is 0 Å². The van der Waals surface area contributed by atoms with E-state index in [1.165, 1.54) is 5.56 Å². The first kappa shape index (κ1) is 20.7. The summed E-state index contributed by atoms with van der Waals surface area (Å²) < 4.78 is 1.90. The van der Waals surface area contributed by atoms with E-state index in [4.69, 9.17) is 28.9 Å². The number of fused-ring (bicyclic) bond motifs is 2. The van der Waals surface area contributed by atoms with Gasteiger partial charge in [0, 0.05) is 42.7 Å². The van der Waals surface area contributed by atoms with Crippen LogP contribution < -0.4 is 10.6 Å². The number of nitrogens with two attached hydrogens (primary N) is 1. The van der Waals surface area contributed by atoms with Crippen LogP contribution in [0.4, 0.5) is 5.82 Å². The van der Waals surface area contributed by atoms with E-state index < -0.39 is 0 Å². The molecule has 4 aromatic rings. The Labute approximate surface area is 200 Å². The van der Waals surface area contributed by atoms with Gasteiger partial charge < -0.3 is 15.7 Å². The lowest BCUT2D eigenvalue weighted by Gasteiger charge is -2.43. The van der Waals surface area contributed by atoms with Crippen LogP contribution in [0.2, 0.25) is 10.0 Å². The fourth-order valence-electron chi connectivity index (χ4n) is 5.47. The summed E-state index contributed by atoms with van der Waals surface area (Å²) >= 11 is 12.7. The summed E-state index contributed by atoms with van der Waals surface area (Å²) in [6, 6.07) is 11.1. The van der Waals surface area contributed by atoms with Crippen molar-refractivity contribution in [3.8, 4) is 16.9 Å². The van der Waals surface area contributed by atoms with Gasteiger partial charge in [0.05, 0.1) is 15.6 Å². The highest BCUT2D eigenvalue weighted by molar-refractivity contribution is 6.43. The summed E-state index contributed by atoms with van der Waals surface area (Å²) in [4.78, 5) is 6.82. The Morgan fingerprint density at radius 1 is 1.12 bits per heavy atom. The van der Waals surface area contributed by atoms with Crippen LogP contribution in [-0.4, -0.2) is 37.8 Å². The lowest BCUT2D eigenvalue weighted by atomic mass is 9.73. The Hall–Kier alpha value is -2.87. The molecule has 0 radical (unpaired) electrons. The molecule has 1 saturated heterocycles. The minimum atomic E-state index is -0.000898. The maximum absolute atomic E-state index is 11.0. The molecule has 168 valence electrons. The van der Waals surface area contributed by atoms with Crippen molar-refractivity contribution in [2.75, 3.05) is 18.0 Å². The van der Waals surface area contributed by atoms with Gasteiger partial charge in [-0.05, 0) is 42.4 Å². The fourth-order valence-corrected chi connectivity index (χ4v) is 5.87. The van der Waals surface area contributed by atoms with Gasteiger partial charge in [-0.3, -0.25) is 9.38 Å². The first-order valence-corrected chi connectivity index (χ1v) is 11.7. The highest BCUT2D eigenvalue weighted by Crippen LogP contribution is 2.51. The molecule has 0 bridgehead atoms. The molecule has 0 saturated carbocycles. The summed E-state index contributed by atoms with van der Waals surface area (Å²) in [6.07, 6.45) is 6.31. The zero-order valence-electron chi connectivity index (χ0n) is 17.7. The molecule has 4 heterocycles. The number of nitrogens with zero attached hydrogens (tertiary/aromatic N) is 5. The molecule has 3 aromatic heterocycles. The van der Waals surface area contributed by atoms with E-state index in [0.717, 1.165) is 43.9 Å². The monoisotopic (exact) mass is 480 g/mol. The number of benzene rings is 1. The molecule has 1 fully saturated rings. The van der Waals surface area contributed by atoms with E-state index in [-0.39, 0.29) is 17.2 Å².